The molecule has 0 bridgehead atoms. The van der Waals surface area contributed by atoms with Gasteiger partial charge in [-0.15, -0.1) is 0 Å². The lowest BCUT2D eigenvalue weighted by molar-refractivity contribution is 0.488. The molecule has 8 heteroatoms. The van der Waals surface area contributed by atoms with E-state index in [0.717, 1.165) is 25.5 Å². The molecule has 1 aromatic heterocycles. The van der Waals surface area contributed by atoms with Crippen LogP contribution in [0.2, 0.25) is 0 Å². The fourth-order valence-electron chi connectivity index (χ4n) is 2.56. The van der Waals surface area contributed by atoms with Crippen LogP contribution in [0, 0.1) is 0 Å². The van der Waals surface area contributed by atoms with Gasteiger partial charge in [0.15, 0.2) is 5.96 Å². The van der Waals surface area contributed by atoms with Gasteiger partial charge >= 0.3 is 0 Å². The lowest BCUT2D eigenvalue weighted by Crippen LogP contribution is -2.41. The predicted octanol–water partition coefficient (Wildman–Crippen LogP) is -0.171. The van der Waals surface area contributed by atoms with Gasteiger partial charge in [0.1, 0.15) is 9.84 Å². The van der Waals surface area contributed by atoms with Crippen molar-refractivity contribution < 1.29 is 8.42 Å². The van der Waals surface area contributed by atoms with E-state index in [-0.39, 0.29) is 5.75 Å². The van der Waals surface area contributed by atoms with Crippen molar-refractivity contribution in [1.29, 1.82) is 0 Å². The summed E-state index contributed by atoms with van der Waals surface area (Å²) in [6, 6.07) is 0. The van der Waals surface area contributed by atoms with Crippen LogP contribution in [0.1, 0.15) is 17.9 Å². The van der Waals surface area contributed by atoms with Gasteiger partial charge in [-0.1, -0.05) is 0 Å². The molecule has 0 saturated carbocycles. The van der Waals surface area contributed by atoms with Gasteiger partial charge in [-0.05, 0) is 12.0 Å². The van der Waals surface area contributed by atoms with Gasteiger partial charge in [0.2, 0.25) is 0 Å². The highest BCUT2D eigenvalue weighted by molar-refractivity contribution is 7.90. The molecule has 7 nitrogen and oxygen atoms in total. The third-order valence-corrected chi connectivity index (χ3v) is 4.60. The molecule has 2 rings (SSSR count). The Morgan fingerprint density at radius 3 is 2.90 bits per heavy atom. The highest BCUT2D eigenvalue weighted by Crippen LogP contribution is 2.26. The fourth-order valence-corrected chi connectivity index (χ4v) is 3.03. The topological polar surface area (TPSA) is 79.6 Å². The number of rotatable bonds is 4. The lowest BCUT2D eigenvalue weighted by atomic mass is 10.0. The van der Waals surface area contributed by atoms with Crippen LogP contribution in [-0.2, 0) is 16.9 Å². The molecule has 1 atom stereocenters. The van der Waals surface area contributed by atoms with Gasteiger partial charge in [-0.2, -0.15) is 5.10 Å². The minimum atomic E-state index is -2.95. The average molecular weight is 313 g/mol. The van der Waals surface area contributed by atoms with Gasteiger partial charge in [0.25, 0.3) is 0 Å². The molecule has 1 N–H and O–H groups in total. The van der Waals surface area contributed by atoms with Crippen molar-refractivity contribution in [2.24, 2.45) is 12.0 Å². The number of aryl methyl sites for hydroxylation is 1. The van der Waals surface area contributed by atoms with Gasteiger partial charge < -0.3 is 10.2 Å². The number of likely N-dealkylation sites (tertiary alicyclic amines) is 1. The first kappa shape index (κ1) is 15.8. The maximum atomic E-state index is 11.2. The Morgan fingerprint density at radius 2 is 2.33 bits per heavy atom. The molecule has 0 radical (unpaired) electrons. The number of aromatic nitrogens is 2. The first-order valence-electron chi connectivity index (χ1n) is 7.01. The van der Waals surface area contributed by atoms with Crippen LogP contribution in [0.4, 0.5) is 0 Å². The van der Waals surface area contributed by atoms with Gasteiger partial charge in [0.05, 0.1) is 11.9 Å². The second kappa shape index (κ2) is 6.46. The van der Waals surface area contributed by atoms with Crippen LogP contribution in [0.25, 0.3) is 0 Å². The molecule has 118 valence electrons. The van der Waals surface area contributed by atoms with Crippen molar-refractivity contribution >= 4 is 15.8 Å². The number of hydrogen-bond acceptors (Lipinski definition) is 4. The molecular formula is C13H23N5O2S. The lowest BCUT2D eigenvalue weighted by Gasteiger charge is -2.21. The van der Waals surface area contributed by atoms with E-state index in [1.165, 1.54) is 11.8 Å². The van der Waals surface area contributed by atoms with E-state index in [2.05, 4.69) is 20.3 Å². The van der Waals surface area contributed by atoms with Crippen LogP contribution < -0.4 is 5.32 Å². The Hall–Kier alpha value is -1.57. The quantitative estimate of drug-likeness (QED) is 0.617. The number of guanidine groups is 1. The second-order valence-electron chi connectivity index (χ2n) is 5.48. The molecule has 0 aromatic carbocycles. The molecule has 21 heavy (non-hydrogen) atoms. The van der Waals surface area contributed by atoms with Crippen molar-refractivity contribution in [2.75, 3.05) is 38.7 Å². The highest BCUT2D eigenvalue weighted by atomic mass is 32.2. The molecule has 0 amide bonds. The molecular weight excluding hydrogens is 290 g/mol. The predicted molar refractivity (Wildman–Crippen MR) is 83.2 cm³/mol. The number of hydrogen-bond donors (Lipinski definition) is 1. The molecule has 1 fully saturated rings. The Morgan fingerprint density at radius 1 is 1.57 bits per heavy atom. The number of nitrogens with one attached hydrogen (secondary N) is 1. The monoisotopic (exact) mass is 313 g/mol. The zero-order valence-electron chi connectivity index (χ0n) is 12.8. The molecule has 1 unspecified atom stereocenters. The summed E-state index contributed by atoms with van der Waals surface area (Å²) in [4.78, 5) is 6.41. The van der Waals surface area contributed by atoms with Crippen molar-refractivity contribution in [3.8, 4) is 0 Å². The van der Waals surface area contributed by atoms with Crippen molar-refractivity contribution in [3.63, 3.8) is 0 Å². The summed E-state index contributed by atoms with van der Waals surface area (Å²) >= 11 is 0. The summed E-state index contributed by atoms with van der Waals surface area (Å²) in [7, 11) is 0.691. The summed E-state index contributed by atoms with van der Waals surface area (Å²) in [5, 5.41) is 7.33. The SMILES string of the molecule is CN=C(NCCS(C)(=O)=O)N1CCC(c2cnn(C)c2)C1. The van der Waals surface area contributed by atoms with Crippen molar-refractivity contribution in [3.05, 3.63) is 18.0 Å². The Labute approximate surface area is 126 Å². The van der Waals surface area contributed by atoms with Crippen LogP contribution >= 0.6 is 0 Å². The number of sulfone groups is 1. The maximum Gasteiger partial charge on any atom is 0.193 e. The summed E-state index contributed by atoms with van der Waals surface area (Å²) in [5.41, 5.74) is 1.24. The Bertz CT molecular complexity index is 608. The minimum Gasteiger partial charge on any atom is -0.355 e. The van der Waals surface area contributed by atoms with E-state index in [1.807, 2.05) is 24.1 Å². The minimum absolute atomic E-state index is 0.117. The average Bonchev–Trinajstić information content (AvgIpc) is 3.02. The summed E-state index contributed by atoms with van der Waals surface area (Å²) in [5.74, 6) is 1.34. The van der Waals surface area contributed by atoms with Crippen LogP contribution in [0.5, 0.6) is 0 Å². The number of nitrogens with zero attached hydrogens (tertiary/aromatic N) is 4. The van der Waals surface area contributed by atoms with E-state index in [9.17, 15) is 8.42 Å². The Balaban J connectivity index is 1.89. The summed E-state index contributed by atoms with van der Waals surface area (Å²) in [6.45, 7) is 2.18. The third-order valence-electron chi connectivity index (χ3n) is 3.65. The van der Waals surface area contributed by atoms with Crippen LogP contribution in [0.3, 0.4) is 0 Å². The van der Waals surface area contributed by atoms with E-state index in [1.54, 1.807) is 7.05 Å². The molecule has 1 aliphatic rings. The van der Waals surface area contributed by atoms with Gasteiger partial charge in [0, 0.05) is 52.1 Å². The van der Waals surface area contributed by atoms with Gasteiger partial charge in [-0.25, -0.2) is 8.42 Å². The van der Waals surface area contributed by atoms with E-state index >= 15 is 0 Å². The summed E-state index contributed by atoms with van der Waals surface area (Å²) in [6.07, 6.45) is 6.26. The molecule has 1 aliphatic heterocycles. The third kappa shape index (κ3) is 4.45. The highest BCUT2D eigenvalue weighted by Gasteiger charge is 2.26. The van der Waals surface area contributed by atoms with E-state index in [4.69, 9.17) is 0 Å². The van der Waals surface area contributed by atoms with Crippen molar-refractivity contribution in [1.82, 2.24) is 20.0 Å². The molecule has 1 saturated heterocycles. The zero-order valence-corrected chi connectivity index (χ0v) is 13.6. The number of aliphatic imine (C=N–C) groups is 1. The van der Waals surface area contributed by atoms with E-state index < -0.39 is 9.84 Å². The largest absolute Gasteiger partial charge is 0.355 e. The molecule has 2 heterocycles. The van der Waals surface area contributed by atoms with Gasteiger partial charge in [-0.3, -0.25) is 9.67 Å². The first-order chi connectivity index (χ1) is 9.89. The molecule has 1 aromatic rings. The fraction of sp³-hybridized carbons (Fsp3) is 0.692. The normalized spacial score (nSPS) is 20.0. The second-order valence-corrected chi connectivity index (χ2v) is 7.74. The zero-order chi connectivity index (χ0) is 15.5. The van der Waals surface area contributed by atoms with Crippen molar-refractivity contribution in [2.45, 2.75) is 12.3 Å². The maximum absolute atomic E-state index is 11.2. The van der Waals surface area contributed by atoms with E-state index in [0.29, 0.717) is 12.5 Å². The van der Waals surface area contributed by atoms with Crippen LogP contribution in [0.15, 0.2) is 17.4 Å². The molecule has 0 spiro atoms. The Kier molecular flexibility index (Phi) is 4.87. The smallest absolute Gasteiger partial charge is 0.193 e. The van der Waals surface area contributed by atoms with Crippen LogP contribution in [-0.4, -0.2) is 67.7 Å². The standard InChI is InChI=1S/C13H23N5O2S/c1-14-13(15-5-7-21(3,19)20)18-6-4-11(10-18)12-8-16-17(2)9-12/h8-9,11H,4-7,10H2,1-3H3,(H,14,15). The summed E-state index contributed by atoms with van der Waals surface area (Å²) < 4.78 is 24.1. The molecule has 0 aliphatic carbocycles. The first-order valence-corrected chi connectivity index (χ1v) is 9.07.